The Balaban J connectivity index is 1.23. The molecular weight excluding hydrogens is 588 g/mol. The average Bonchev–Trinajstić information content (AvgIpc) is 3.72. The predicted molar refractivity (Wildman–Crippen MR) is 196 cm³/mol. The van der Waals surface area contributed by atoms with Crippen LogP contribution in [0.15, 0.2) is 167 Å². The van der Waals surface area contributed by atoms with Crippen molar-refractivity contribution in [3.8, 4) is 44.9 Å². The van der Waals surface area contributed by atoms with E-state index >= 15 is 0 Å². The molecule has 0 saturated heterocycles. The Hall–Kier alpha value is -6.52. The standard InChI is InChI=1S/C44H26N2O2/c1-2-11-27(12-3-1)28-13-10-14-29(23-28)31-24-36(42-35-17-6-9-20-39(35)48-41(42)26-31)44-45-37-18-7-4-16-34(37)43(46-44)30-21-22-33-32-15-5-8-19-38(32)47-40(33)25-30/h1-26H. The molecule has 3 heterocycles. The average molecular weight is 615 g/mol. The number of hydrogen-bond donors (Lipinski definition) is 0. The summed E-state index contributed by atoms with van der Waals surface area (Å²) in [6.07, 6.45) is 0. The zero-order valence-corrected chi connectivity index (χ0v) is 25.7. The van der Waals surface area contributed by atoms with E-state index in [1.807, 2.05) is 54.6 Å². The highest BCUT2D eigenvalue weighted by Gasteiger charge is 2.20. The van der Waals surface area contributed by atoms with Crippen molar-refractivity contribution in [3.05, 3.63) is 158 Å². The number of para-hydroxylation sites is 3. The van der Waals surface area contributed by atoms with Crippen molar-refractivity contribution in [3.63, 3.8) is 0 Å². The van der Waals surface area contributed by atoms with Gasteiger partial charge in [-0.15, -0.1) is 0 Å². The number of hydrogen-bond acceptors (Lipinski definition) is 4. The summed E-state index contributed by atoms with van der Waals surface area (Å²) in [6, 6.07) is 54.4. The molecule has 4 nitrogen and oxygen atoms in total. The molecule has 4 heteroatoms. The van der Waals surface area contributed by atoms with E-state index in [1.54, 1.807) is 0 Å². The second-order valence-corrected chi connectivity index (χ2v) is 12.2. The number of nitrogens with zero attached hydrogens (tertiary/aromatic N) is 2. The molecule has 0 amide bonds. The van der Waals surface area contributed by atoms with E-state index < -0.39 is 0 Å². The van der Waals surface area contributed by atoms with Gasteiger partial charge < -0.3 is 8.83 Å². The summed E-state index contributed by atoms with van der Waals surface area (Å²) >= 11 is 0. The lowest BCUT2D eigenvalue weighted by molar-refractivity contribution is 0.668. The van der Waals surface area contributed by atoms with Gasteiger partial charge in [-0.05, 0) is 70.8 Å². The van der Waals surface area contributed by atoms with Gasteiger partial charge in [-0.3, -0.25) is 0 Å². The van der Waals surface area contributed by atoms with Crippen LogP contribution in [0.4, 0.5) is 0 Å². The molecule has 0 unspecified atom stereocenters. The normalized spacial score (nSPS) is 11.8. The van der Waals surface area contributed by atoms with Crippen LogP contribution in [0.1, 0.15) is 0 Å². The van der Waals surface area contributed by atoms with E-state index in [9.17, 15) is 0 Å². The SMILES string of the molecule is c1ccc(-c2cccc(-c3cc(-c4nc(-c5ccc6c(c5)oc5ccccc56)c5ccccc5n4)c4c(c3)oc3ccccc34)c2)cc1. The number of rotatable bonds is 4. The molecule has 3 aromatic heterocycles. The van der Waals surface area contributed by atoms with Crippen LogP contribution in [-0.4, -0.2) is 9.97 Å². The molecule has 0 radical (unpaired) electrons. The van der Waals surface area contributed by atoms with Gasteiger partial charge >= 0.3 is 0 Å². The number of aromatic nitrogens is 2. The number of fused-ring (bicyclic) bond motifs is 7. The van der Waals surface area contributed by atoms with Crippen LogP contribution in [0.3, 0.4) is 0 Å². The molecule has 0 aliphatic carbocycles. The minimum atomic E-state index is 0.644. The smallest absolute Gasteiger partial charge is 0.161 e. The number of benzene rings is 7. The van der Waals surface area contributed by atoms with E-state index in [-0.39, 0.29) is 0 Å². The second kappa shape index (κ2) is 10.5. The van der Waals surface area contributed by atoms with Crippen LogP contribution in [-0.2, 0) is 0 Å². The van der Waals surface area contributed by atoms with Crippen molar-refractivity contribution >= 4 is 54.8 Å². The van der Waals surface area contributed by atoms with Crippen LogP contribution >= 0.6 is 0 Å². The van der Waals surface area contributed by atoms with Gasteiger partial charge in [0.05, 0.1) is 11.2 Å². The zero-order chi connectivity index (χ0) is 31.6. The molecule has 10 aromatic rings. The highest BCUT2D eigenvalue weighted by Crippen LogP contribution is 2.41. The van der Waals surface area contributed by atoms with Gasteiger partial charge in [-0.1, -0.05) is 109 Å². The Bertz CT molecular complexity index is 2850. The van der Waals surface area contributed by atoms with Gasteiger partial charge in [-0.25, -0.2) is 9.97 Å². The van der Waals surface area contributed by atoms with Crippen molar-refractivity contribution in [2.75, 3.05) is 0 Å². The summed E-state index contributed by atoms with van der Waals surface area (Å²) in [5, 5.41) is 5.22. The summed E-state index contributed by atoms with van der Waals surface area (Å²) < 4.78 is 12.8. The lowest BCUT2D eigenvalue weighted by Gasteiger charge is -2.12. The molecule has 48 heavy (non-hydrogen) atoms. The highest BCUT2D eigenvalue weighted by molar-refractivity contribution is 6.14. The third-order valence-corrected chi connectivity index (χ3v) is 9.28. The Morgan fingerprint density at radius 1 is 0.354 bits per heavy atom. The first-order chi connectivity index (χ1) is 23.8. The van der Waals surface area contributed by atoms with Crippen LogP contribution in [0.2, 0.25) is 0 Å². The quantitative estimate of drug-likeness (QED) is 0.198. The first kappa shape index (κ1) is 26.7. The van der Waals surface area contributed by atoms with E-state index in [0.29, 0.717) is 5.82 Å². The predicted octanol–water partition coefficient (Wildman–Crippen LogP) is 12.1. The summed E-state index contributed by atoms with van der Waals surface area (Å²) in [7, 11) is 0. The van der Waals surface area contributed by atoms with Crippen molar-refractivity contribution in [2.24, 2.45) is 0 Å². The molecule has 0 aliphatic rings. The monoisotopic (exact) mass is 614 g/mol. The fourth-order valence-corrected chi connectivity index (χ4v) is 7.00. The molecule has 0 atom stereocenters. The molecule has 0 aliphatic heterocycles. The first-order valence-corrected chi connectivity index (χ1v) is 16.1. The van der Waals surface area contributed by atoms with E-state index in [1.165, 1.54) is 5.56 Å². The largest absolute Gasteiger partial charge is 0.456 e. The van der Waals surface area contributed by atoms with Crippen molar-refractivity contribution in [2.45, 2.75) is 0 Å². The summed E-state index contributed by atoms with van der Waals surface area (Å²) in [5.41, 5.74) is 11.4. The van der Waals surface area contributed by atoms with Crippen LogP contribution in [0.5, 0.6) is 0 Å². The van der Waals surface area contributed by atoms with Gasteiger partial charge in [-0.2, -0.15) is 0 Å². The molecule has 10 rings (SSSR count). The van der Waals surface area contributed by atoms with Gasteiger partial charge in [0.15, 0.2) is 5.82 Å². The number of furan rings is 2. The molecule has 0 fully saturated rings. The van der Waals surface area contributed by atoms with Crippen molar-refractivity contribution < 1.29 is 8.83 Å². The fraction of sp³-hybridized carbons (Fsp3) is 0. The summed E-state index contributed by atoms with van der Waals surface area (Å²) in [5.74, 6) is 0.644. The highest BCUT2D eigenvalue weighted by atomic mass is 16.3. The third-order valence-electron chi connectivity index (χ3n) is 9.28. The molecule has 0 saturated carbocycles. The maximum absolute atomic E-state index is 6.50. The minimum Gasteiger partial charge on any atom is -0.456 e. The molecular formula is C44H26N2O2. The van der Waals surface area contributed by atoms with Crippen molar-refractivity contribution in [1.82, 2.24) is 9.97 Å². The molecule has 0 N–H and O–H groups in total. The van der Waals surface area contributed by atoms with Gasteiger partial charge in [0.1, 0.15) is 22.3 Å². The summed E-state index contributed by atoms with van der Waals surface area (Å²) in [6.45, 7) is 0. The van der Waals surface area contributed by atoms with Crippen LogP contribution in [0, 0.1) is 0 Å². The molecule has 7 aromatic carbocycles. The van der Waals surface area contributed by atoms with E-state index in [0.717, 1.165) is 88.3 Å². The van der Waals surface area contributed by atoms with Gasteiger partial charge in [0.25, 0.3) is 0 Å². The van der Waals surface area contributed by atoms with E-state index in [2.05, 4.69) is 103 Å². The lowest BCUT2D eigenvalue weighted by atomic mass is 9.95. The minimum absolute atomic E-state index is 0.644. The van der Waals surface area contributed by atoms with Crippen LogP contribution in [0.25, 0.3) is 99.7 Å². The lowest BCUT2D eigenvalue weighted by Crippen LogP contribution is -1.96. The van der Waals surface area contributed by atoms with Gasteiger partial charge in [0.2, 0.25) is 0 Å². The van der Waals surface area contributed by atoms with Crippen LogP contribution < -0.4 is 0 Å². The van der Waals surface area contributed by atoms with Gasteiger partial charge in [0, 0.05) is 38.1 Å². The fourth-order valence-electron chi connectivity index (χ4n) is 7.00. The topological polar surface area (TPSA) is 52.1 Å². The molecule has 0 spiro atoms. The first-order valence-electron chi connectivity index (χ1n) is 16.1. The zero-order valence-electron chi connectivity index (χ0n) is 25.7. The Morgan fingerprint density at radius 2 is 0.979 bits per heavy atom. The Labute approximate surface area is 275 Å². The Kier molecular flexibility index (Phi) is 5.84. The molecule has 224 valence electrons. The Morgan fingerprint density at radius 3 is 1.83 bits per heavy atom. The maximum Gasteiger partial charge on any atom is 0.161 e. The van der Waals surface area contributed by atoms with Crippen molar-refractivity contribution in [1.29, 1.82) is 0 Å². The maximum atomic E-state index is 6.50. The second-order valence-electron chi connectivity index (χ2n) is 12.2. The third kappa shape index (κ3) is 4.24. The summed E-state index contributed by atoms with van der Waals surface area (Å²) in [4.78, 5) is 10.5. The van der Waals surface area contributed by atoms with E-state index in [4.69, 9.17) is 18.8 Å². The molecule has 0 bridgehead atoms.